The minimum Gasteiger partial charge on any atom is -0.357 e. The predicted octanol–water partition coefficient (Wildman–Crippen LogP) is 5.02. The maximum absolute atomic E-state index is 12.8. The van der Waals surface area contributed by atoms with E-state index in [4.69, 9.17) is 5.41 Å². The Morgan fingerprint density at radius 2 is 1.56 bits per heavy atom. The van der Waals surface area contributed by atoms with Crippen molar-refractivity contribution in [1.29, 1.82) is 5.41 Å². The molecule has 8 heteroatoms. The fourth-order valence-electron chi connectivity index (χ4n) is 3.12. The molecule has 0 bridgehead atoms. The molecule has 0 fully saturated rings. The third kappa shape index (κ3) is 5.59. The number of para-hydroxylation sites is 1. The van der Waals surface area contributed by atoms with Gasteiger partial charge in [-0.2, -0.15) is 0 Å². The molecule has 0 unspecified atom stereocenters. The number of nitrogens with one attached hydrogen (secondary N) is 3. The maximum Gasteiger partial charge on any atom is 0.258 e. The lowest BCUT2D eigenvalue weighted by molar-refractivity contribution is 0.102. The summed E-state index contributed by atoms with van der Waals surface area (Å²) in [6, 6.07) is 17.1. The quantitative estimate of drug-likeness (QED) is 0.318. The number of hydrogen-bond acceptors (Lipinski definition) is 4. The Morgan fingerprint density at radius 1 is 0.906 bits per heavy atom. The van der Waals surface area contributed by atoms with Crippen LogP contribution in [-0.2, 0) is 0 Å². The number of rotatable bonds is 7. The smallest absolute Gasteiger partial charge is 0.258 e. The molecule has 3 aromatic rings. The van der Waals surface area contributed by atoms with E-state index in [1.54, 1.807) is 66.9 Å². The highest BCUT2D eigenvalue weighted by Crippen LogP contribution is 2.19. The molecule has 2 aromatic carbocycles. The van der Waals surface area contributed by atoms with Crippen molar-refractivity contribution in [2.24, 2.45) is 0 Å². The van der Waals surface area contributed by atoms with Crippen LogP contribution in [-0.4, -0.2) is 40.6 Å². The molecule has 0 aliphatic heterocycles. The van der Waals surface area contributed by atoms with E-state index in [-0.39, 0.29) is 11.8 Å². The van der Waals surface area contributed by atoms with E-state index in [9.17, 15) is 9.59 Å². The summed E-state index contributed by atoms with van der Waals surface area (Å²) >= 11 is 3.31. The molecule has 0 spiro atoms. The van der Waals surface area contributed by atoms with E-state index < -0.39 is 0 Å². The van der Waals surface area contributed by atoms with Gasteiger partial charge in [0.1, 0.15) is 11.7 Å². The molecule has 2 amide bonds. The van der Waals surface area contributed by atoms with Gasteiger partial charge in [0.15, 0.2) is 0 Å². The Morgan fingerprint density at radius 3 is 2.19 bits per heavy atom. The first-order chi connectivity index (χ1) is 15.4. The molecule has 32 heavy (non-hydrogen) atoms. The van der Waals surface area contributed by atoms with Gasteiger partial charge in [0.05, 0.1) is 11.3 Å². The van der Waals surface area contributed by atoms with Crippen molar-refractivity contribution in [3.63, 3.8) is 0 Å². The lowest BCUT2D eigenvalue weighted by atomic mass is 10.1. The number of pyridine rings is 1. The zero-order valence-corrected chi connectivity index (χ0v) is 19.4. The maximum atomic E-state index is 12.8. The first kappa shape index (κ1) is 23.1. The molecule has 1 heterocycles. The van der Waals surface area contributed by atoms with E-state index in [0.29, 0.717) is 28.5 Å². The molecule has 0 saturated carbocycles. The summed E-state index contributed by atoms with van der Waals surface area (Å²) < 4.78 is 0.807. The van der Waals surface area contributed by atoms with Crippen molar-refractivity contribution in [1.82, 2.24) is 9.88 Å². The number of nitrogens with zero attached hydrogens (tertiary/aromatic N) is 2. The molecule has 0 radical (unpaired) electrons. The summed E-state index contributed by atoms with van der Waals surface area (Å²) in [4.78, 5) is 31.6. The van der Waals surface area contributed by atoms with Gasteiger partial charge in [0.25, 0.3) is 11.8 Å². The van der Waals surface area contributed by atoms with Gasteiger partial charge >= 0.3 is 0 Å². The number of hydrogen-bond donors (Lipinski definition) is 3. The minimum atomic E-state index is -0.376. The Labute approximate surface area is 195 Å². The van der Waals surface area contributed by atoms with Gasteiger partial charge in [-0.05, 0) is 66.2 Å². The number of anilines is 2. The van der Waals surface area contributed by atoms with Crippen molar-refractivity contribution in [2.75, 3.05) is 23.7 Å². The van der Waals surface area contributed by atoms with Crippen LogP contribution in [0.25, 0.3) is 0 Å². The van der Waals surface area contributed by atoms with E-state index in [1.807, 2.05) is 18.7 Å². The monoisotopic (exact) mass is 493 g/mol. The summed E-state index contributed by atoms with van der Waals surface area (Å²) in [5.74, 6) is 0.114. The molecule has 164 valence electrons. The highest BCUT2D eigenvalue weighted by atomic mass is 79.9. The summed E-state index contributed by atoms with van der Waals surface area (Å²) in [5.41, 5.74) is 1.90. The summed E-state index contributed by atoms with van der Waals surface area (Å²) in [7, 11) is 0. The van der Waals surface area contributed by atoms with Gasteiger partial charge < -0.3 is 15.5 Å². The normalized spacial score (nSPS) is 10.3. The number of carbonyl (C=O) groups is 2. The van der Waals surface area contributed by atoms with Gasteiger partial charge in [-0.15, -0.1) is 0 Å². The van der Waals surface area contributed by atoms with Crippen LogP contribution in [0.15, 0.2) is 71.3 Å². The number of aromatic nitrogens is 1. The molecule has 3 N–H and O–H groups in total. The lowest BCUT2D eigenvalue weighted by Gasteiger charge is -2.21. The zero-order chi connectivity index (χ0) is 23.1. The molecule has 0 aliphatic carbocycles. The van der Waals surface area contributed by atoms with E-state index in [0.717, 1.165) is 23.1 Å². The van der Waals surface area contributed by atoms with Crippen molar-refractivity contribution >= 4 is 45.1 Å². The fourth-order valence-corrected chi connectivity index (χ4v) is 3.35. The fraction of sp³-hybridized carbons (Fsp3) is 0.167. The summed E-state index contributed by atoms with van der Waals surface area (Å²) in [6.45, 7) is 5.49. The number of carbonyl (C=O) groups excluding carboxylic acids is 2. The number of benzene rings is 2. The number of halogens is 1. The first-order valence-corrected chi connectivity index (χ1v) is 11.0. The second-order valence-electron chi connectivity index (χ2n) is 6.91. The van der Waals surface area contributed by atoms with Crippen LogP contribution in [0.3, 0.4) is 0 Å². The molecule has 1 aromatic heterocycles. The zero-order valence-electron chi connectivity index (χ0n) is 17.9. The van der Waals surface area contributed by atoms with E-state index >= 15 is 0 Å². The summed E-state index contributed by atoms with van der Waals surface area (Å²) in [6.07, 6.45) is 1.59. The average Bonchev–Trinajstić information content (AvgIpc) is 2.81. The van der Waals surface area contributed by atoms with Gasteiger partial charge in [0, 0.05) is 34.9 Å². The standard InChI is InChI=1S/C24H24BrN5O2/c1-3-30(4-2)22(26)16-9-11-17(12-10-16)23(31)28-20-8-6-5-7-19(20)24(32)29-21-14-13-18(25)15-27-21/h5-15,26H,3-4H2,1-2H3,(H,28,31)(H,27,29,32). The van der Waals surface area contributed by atoms with Crippen LogP contribution in [0.4, 0.5) is 11.5 Å². The lowest BCUT2D eigenvalue weighted by Crippen LogP contribution is -2.30. The van der Waals surface area contributed by atoms with Crippen LogP contribution in [0.2, 0.25) is 0 Å². The molecule has 0 atom stereocenters. The molecular weight excluding hydrogens is 470 g/mol. The van der Waals surface area contributed by atoms with Crippen molar-refractivity contribution in [3.8, 4) is 0 Å². The van der Waals surface area contributed by atoms with Gasteiger partial charge in [0.2, 0.25) is 0 Å². The molecule has 0 aliphatic rings. The topological polar surface area (TPSA) is 98.2 Å². The third-order valence-electron chi connectivity index (χ3n) is 4.89. The van der Waals surface area contributed by atoms with E-state index in [2.05, 4.69) is 31.5 Å². The van der Waals surface area contributed by atoms with Crippen molar-refractivity contribution in [3.05, 3.63) is 88.0 Å². The Bertz CT molecular complexity index is 1110. The van der Waals surface area contributed by atoms with Crippen LogP contribution in [0.5, 0.6) is 0 Å². The Hall–Kier alpha value is -3.52. The summed E-state index contributed by atoms with van der Waals surface area (Å²) in [5, 5.41) is 13.8. The largest absolute Gasteiger partial charge is 0.357 e. The third-order valence-corrected chi connectivity index (χ3v) is 5.36. The minimum absolute atomic E-state index is 0.325. The SMILES string of the molecule is CCN(CC)C(=N)c1ccc(C(=O)Nc2ccccc2C(=O)Nc2ccc(Br)cn2)cc1. The van der Waals surface area contributed by atoms with Crippen molar-refractivity contribution < 1.29 is 9.59 Å². The van der Waals surface area contributed by atoms with E-state index in [1.165, 1.54) is 0 Å². The van der Waals surface area contributed by atoms with Gasteiger partial charge in [-0.3, -0.25) is 15.0 Å². The van der Waals surface area contributed by atoms with Crippen LogP contribution >= 0.6 is 15.9 Å². The number of amidine groups is 1. The second-order valence-corrected chi connectivity index (χ2v) is 7.83. The Balaban J connectivity index is 1.73. The molecule has 0 saturated heterocycles. The highest BCUT2D eigenvalue weighted by Gasteiger charge is 2.15. The Kier molecular flexibility index (Phi) is 7.72. The van der Waals surface area contributed by atoms with Gasteiger partial charge in [-0.1, -0.05) is 24.3 Å². The molecule has 7 nitrogen and oxygen atoms in total. The highest BCUT2D eigenvalue weighted by molar-refractivity contribution is 9.10. The number of amides is 2. The molecule has 3 rings (SSSR count). The van der Waals surface area contributed by atoms with Crippen LogP contribution < -0.4 is 10.6 Å². The first-order valence-electron chi connectivity index (χ1n) is 10.2. The molecular formula is C24H24BrN5O2. The predicted molar refractivity (Wildman–Crippen MR) is 130 cm³/mol. The van der Waals surface area contributed by atoms with Crippen LogP contribution in [0, 0.1) is 5.41 Å². The second kappa shape index (κ2) is 10.7. The van der Waals surface area contributed by atoms with Crippen molar-refractivity contribution in [2.45, 2.75) is 13.8 Å². The van der Waals surface area contributed by atoms with Crippen LogP contribution in [0.1, 0.15) is 40.1 Å². The average molecular weight is 494 g/mol. The van der Waals surface area contributed by atoms with Gasteiger partial charge in [-0.25, -0.2) is 4.98 Å².